The Morgan fingerprint density at radius 2 is 2.14 bits per heavy atom. The molecule has 1 amide bonds. The lowest BCUT2D eigenvalue weighted by molar-refractivity contribution is -0.137. The number of rotatable bonds is 5. The van der Waals surface area contributed by atoms with Crippen LogP contribution in [0.5, 0.6) is 0 Å². The van der Waals surface area contributed by atoms with E-state index in [1.54, 1.807) is 6.92 Å². The maximum absolute atomic E-state index is 13.5. The van der Waals surface area contributed by atoms with Crippen LogP contribution in [0.25, 0.3) is 0 Å². The fraction of sp³-hybridized carbons (Fsp3) is 0.200. The summed E-state index contributed by atoms with van der Waals surface area (Å²) in [5.74, 6) is -1.88. The molecule has 0 saturated heterocycles. The minimum Gasteiger partial charge on any atom is -0.481 e. The molecular weight excluding hydrogens is 313 g/mol. The van der Waals surface area contributed by atoms with Crippen LogP contribution >= 0.6 is 11.6 Å². The second-order valence-corrected chi connectivity index (χ2v) is 5.10. The third-order valence-corrected chi connectivity index (χ3v) is 3.44. The van der Waals surface area contributed by atoms with Crippen LogP contribution in [-0.4, -0.2) is 17.0 Å². The minimum atomic E-state index is -1.12. The number of aryl methyl sites for hydroxylation is 1. The summed E-state index contributed by atoms with van der Waals surface area (Å²) >= 11 is 5.61. The average molecular weight is 326 g/mol. The Morgan fingerprint density at radius 3 is 2.68 bits per heavy atom. The van der Waals surface area contributed by atoms with E-state index in [1.165, 1.54) is 24.5 Å². The Labute approximate surface area is 130 Å². The van der Waals surface area contributed by atoms with Crippen molar-refractivity contribution in [3.63, 3.8) is 0 Å². The third kappa shape index (κ3) is 3.65. The van der Waals surface area contributed by atoms with Gasteiger partial charge < -0.3 is 14.8 Å². The van der Waals surface area contributed by atoms with Crippen LogP contribution < -0.4 is 5.32 Å². The highest BCUT2D eigenvalue weighted by Crippen LogP contribution is 2.23. The van der Waals surface area contributed by atoms with Crippen LogP contribution in [0.3, 0.4) is 0 Å². The van der Waals surface area contributed by atoms with Gasteiger partial charge in [-0.05, 0) is 30.7 Å². The molecule has 2 aromatic rings. The Bertz CT molecular complexity index is 713. The molecule has 0 fully saturated rings. The second-order valence-electron chi connectivity index (χ2n) is 4.69. The number of amides is 1. The lowest BCUT2D eigenvalue weighted by Gasteiger charge is -2.17. The quantitative estimate of drug-likeness (QED) is 0.883. The molecule has 1 atom stereocenters. The Balaban J connectivity index is 2.26. The van der Waals surface area contributed by atoms with Crippen molar-refractivity contribution >= 4 is 23.5 Å². The first-order valence-electron chi connectivity index (χ1n) is 6.40. The molecule has 0 unspecified atom stereocenters. The summed E-state index contributed by atoms with van der Waals surface area (Å²) in [5.41, 5.74) is 0.614. The topological polar surface area (TPSA) is 79.5 Å². The average Bonchev–Trinajstić information content (AvgIpc) is 2.87. The first-order valence-corrected chi connectivity index (χ1v) is 6.78. The zero-order chi connectivity index (χ0) is 16.3. The molecule has 1 aromatic heterocycles. The maximum Gasteiger partial charge on any atom is 0.305 e. The van der Waals surface area contributed by atoms with Gasteiger partial charge in [0, 0.05) is 0 Å². The SMILES string of the molecule is Cc1occc1C(=O)N[C@@H](CC(=O)O)c1ccc(Cl)c(F)c1. The molecule has 1 aromatic carbocycles. The van der Waals surface area contributed by atoms with Gasteiger partial charge in [0.25, 0.3) is 5.91 Å². The number of carbonyl (C=O) groups excluding carboxylic acids is 1. The highest BCUT2D eigenvalue weighted by atomic mass is 35.5. The molecule has 0 saturated carbocycles. The number of furan rings is 1. The molecule has 0 bridgehead atoms. The molecule has 0 radical (unpaired) electrons. The summed E-state index contributed by atoms with van der Waals surface area (Å²) in [6.07, 6.45) is 0.974. The number of benzene rings is 1. The van der Waals surface area contributed by atoms with Gasteiger partial charge in [-0.25, -0.2) is 4.39 Å². The highest BCUT2D eigenvalue weighted by molar-refractivity contribution is 6.30. The molecule has 116 valence electrons. The summed E-state index contributed by atoms with van der Waals surface area (Å²) in [6.45, 7) is 1.61. The predicted molar refractivity (Wildman–Crippen MR) is 77.3 cm³/mol. The number of halogens is 2. The number of carboxylic acid groups (broad SMARTS) is 1. The van der Waals surface area contributed by atoms with Gasteiger partial charge in [0.15, 0.2) is 0 Å². The van der Waals surface area contributed by atoms with E-state index in [0.29, 0.717) is 16.9 Å². The molecule has 2 rings (SSSR count). The smallest absolute Gasteiger partial charge is 0.305 e. The first-order chi connectivity index (χ1) is 10.4. The largest absolute Gasteiger partial charge is 0.481 e. The second kappa shape index (κ2) is 6.62. The van der Waals surface area contributed by atoms with Gasteiger partial charge >= 0.3 is 5.97 Å². The number of hydrogen-bond donors (Lipinski definition) is 2. The van der Waals surface area contributed by atoms with E-state index in [-0.39, 0.29) is 11.4 Å². The van der Waals surface area contributed by atoms with E-state index in [1.807, 2.05) is 0 Å². The predicted octanol–water partition coefficient (Wildman–Crippen LogP) is 3.33. The monoisotopic (exact) mass is 325 g/mol. The Hall–Kier alpha value is -2.34. The van der Waals surface area contributed by atoms with E-state index in [9.17, 15) is 14.0 Å². The summed E-state index contributed by atoms with van der Waals surface area (Å²) in [6, 6.07) is 4.49. The van der Waals surface area contributed by atoms with Crippen molar-refractivity contribution in [2.75, 3.05) is 0 Å². The molecule has 0 aliphatic carbocycles. The van der Waals surface area contributed by atoms with Crippen molar-refractivity contribution in [3.8, 4) is 0 Å². The molecule has 0 spiro atoms. The lowest BCUT2D eigenvalue weighted by Crippen LogP contribution is -2.30. The number of aliphatic carboxylic acids is 1. The Kier molecular flexibility index (Phi) is 4.82. The van der Waals surface area contributed by atoms with E-state index in [4.69, 9.17) is 21.1 Å². The zero-order valence-corrected chi connectivity index (χ0v) is 12.4. The van der Waals surface area contributed by atoms with E-state index in [0.717, 1.165) is 6.07 Å². The van der Waals surface area contributed by atoms with Crippen LogP contribution in [0, 0.1) is 12.7 Å². The van der Waals surface area contributed by atoms with Crippen molar-refractivity contribution in [2.45, 2.75) is 19.4 Å². The van der Waals surface area contributed by atoms with Gasteiger partial charge in [-0.2, -0.15) is 0 Å². The first kappa shape index (κ1) is 16.0. The van der Waals surface area contributed by atoms with Crippen molar-refractivity contribution in [1.29, 1.82) is 0 Å². The van der Waals surface area contributed by atoms with Crippen LogP contribution in [0.4, 0.5) is 4.39 Å². The Morgan fingerprint density at radius 1 is 1.41 bits per heavy atom. The summed E-state index contributed by atoms with van der Waals surface area (Å²) in [7, 11) is 0. The van der Waals surface area contributed by atoms with Gasteiger partial charge in [0.2, 0.25) is 0 Å². The van der Waals surface area contributed by atoms with Crippen molar-refractivity contribution in [2.24, 2.45) is 0 Å². The summed E-state index contributed by atoms with van der Waals surface area (Å²) in [4.78, 5) is 23.1. The molecule has 1 heterocycles. The van der Waals surface area contributed by atoms with Crippen LogP contribution in [0.1, 0.15) is 34.1 Å². The van der Waals surface area contributed by atoms with Crippen molar-refractivity contribution < 1.29 is 23.5 Å². The van der Waals surface area contributed by atoms with Gasteiger partial charge in [0.1, 0.15) is 11.6 Å². The van der Waals surface area contributed by atoms with Crippen LogP contribution in [-0.2, 0) is 4.79 Å². The lowest BCUT2D eigenvalue weighted by atomic mass is 10.0. The fourth-order valence-electron chi connectivity index (χ4n) is 2.01. The normalized spacial score (nSPS) is 12.0. The van der Waals surface area contributed by atoms with Gasteiger partial charge in [0.05, 0.1) is 29.3 Å². The zero-order valence-electron chi connectivity index (χ0n) is 11.6. The summed E-state index contributed by atoms with van der Waals surface area (Å²) < 4.78 is 18.6. The molecule has 22 heavy (non-hydrogen) atoms. The molecule has 2 N–H and O–H groups in total. The molecule has 7 heteroatoms. The highest BCUT2D eigenvalue weighted by Gasteiger charge is 2.21. The molecule has 0 aliphatic heterocycles. The van der Waals surface area contributed by atoms with Gasteiger partial charge in [-0.3, -0.25) is 9.59 Å². The van der Waals surface area contributed by atoms with Crippen molar-refractivity contribution in [3.05, 3.63) is 58.3 Å². The van der Waals surface area contributed by atoms with E-state index < -0.39 is 23.7 Å². The van der Waals surface area contributed by atoms with Crippen LogP contribution in [0.2, 0.25) is 5.02 Å². The third-order valence-electron chi connectivity index (χ3n) is 3.13. The van der Waals surface area contributed by atoms with E-state index in [2.05, 4.69) is 5.32 Å². The fourth-order valence-corrected chi connectivity index (χ4v) is 2.13. The van der Waals surface area contributed by atoms with Crippen molar-refractivity contribution in [1.82, 2.24) is 5.32 Å². The molecule has 5 nitrogen and oxygen atoms in total. The maximum atomic E-state index is 13.5. The van der Waals surface area contributed by atoms with Crippen LogP contribution in [0.15, 0.2) is 34.9 Å². The van der Waals surface area contributed by atoms with E-state index >= 15 is 0 Å². The molecular formula is C15H13ClFNO4. The standard InChI is InChI=1S/C15H13ClFNO4/c1-8-10(4-5-22-8)15(21)18-13(7-14(19)20)9-2-3-11(16)12(17)6-9/h2-6,13H,7H2,1H3,(H,18,21)(H,19,20)/t13-/m0/s1. The number of carboxylic acids is 1. The number of carbonyl (C=O) groups is 2. The summed E-state index contributed by atoms with van der Waals surface area (Å²) in [5, 5.41) is 11.5. The number of hydrogen-bond acceptors (Lipinski definition) is 3. The minimum absolute atomic E-state index is 0.0742. The molecule has 0 aliphatic rings. The van der Waals surface area contributed by atoms with Gasteiger partial charge in [-0.1, -0.05) is 17.7 Å². The number of nitrogens with one attached hydrogen (secondary N) is 1. The van der Waals surface area contributed by atoms with Gasteiger partial charge in [-0.15, -0.1) is 0 Å².